The lowest BCUT2D eigenvalue weighted by molar-refractivity contribution is 0.378. The summed E-state index contributed by atoms with van der Waals surface area (Å²) in [6, 6.07) is 7.93. The molecule has 0 fully saturated rings. The molecule has 16 heavy (non-hydrogen) atoms. The molecule has 0 atom stereocenters. The van der Waals surface area contributed by atoms with Gasteiger partial charge in [-0.25, -0.2) is 0 Å². The second-order valence-corrected chi connectivity index (χ2v) is 4.23. The third-order valence-electron chi connectivity index (χ3n) is 2.11. The quantitative estimate of drug-likeness (QED) is 0.936. The molecule has 1 aromatic carbocycles. The molecule has 2 rings (SSSR count). The van der Waals surface area contributed by atoms with Crippen LogP contribution in [0.2, 0.25) is 0 Å². The Hall–Kier alpha value is -1.36. The highest BCUT2D eigenvalue weighted by molar-refractivity contribution is 9.10. The van der Waals surface area contributed by atoms with E-state index in [1.807, 2.05) is 31.2 Å². The molecule has 1 N–H and O–H groups in total. The smallest absolute Gasteiger partial charge is 0.245 e. The molecule has 1 heterocycles. The van der Waals surface area contributed by atoms with E-state index in [2.05, 4.69) is 31.4 Å². The standard InChI is InChI=1S/C11H12BrN3O/c1-2-10-14-11(16-15-10)7-13-9-5-3-8(12)4-6-9/h3-6,13H,2,7H2,1H3. The zero-order chi connectivity index (χ0) is 11.4. The molecule has 0 unspecified atom stereocenters. The average molecular weight is 282 g/mol. The van der Waals surface area contributed by atoms with Crippen molar-refractivity contribution in [1.82, 2.24) is 10.1 Å². The van der Waals surface area contributed by atoms with Gasteiger partial charge in [-0.1, -0.05) is 28.0 Å². The summed E-state index contributed by atoms with van der Waals surface area (Å²) in [5, 5.41) is 7.04. The maximum atomic E-state index is 5.07. The third kappa shape index (κ3) is 2.82. The summed E-state index contributed by atoms with van der Waals surface area (Å²) < 4.78 is 6.13. The van der Waals surface area contributed by atoms with Gasteiger partial charge in [-0.05, 0) is 24.3 Å². The molecule has 84 valence electrons. The van der Waals surface area contributed by atoms with E-state index < -0.39 is 0 Å². The number of aromatic nitrogens is 2. The lowest BCUT2D eigenvalue weighted by atomic mass is 10.3. The Balaban J connectivity index is 1.94. The number of nitrogens with one attached hydrogen (secondary N) is 1. The first-order valence-electron chi connectivity index (χ1n) is 5.09. The lowest BCUT2D eigenvalue weighted by Crippen LogP contribution is -1.99. The molecule has 0 saturated carbocycles. The van der Waals surface area contributed by atoms with E-state index in [0.717, 1.165) is 22.4 Å². The number of aryl methyl sites for hydroxylation is 1. The van der Waals surface area contributed by atoms with Crippen LogP contribution in [0.5, 0.6) is 0 Å². The molecule has 0 amide bonds. The molecule has 0 radical (unpaired) electrons. The van der Waals surface area contributed by atoms with E-state index in [1.165, 1.54) is 0 Å². The minimum Gasteiger partial charge on any atom is -0.376 e. The van der Waals surface area contributed by atoms with Crippen molar-refractivity contribution in [1.29, 1.82) is 0 Å². The Bertz CT molecular complexity index is 453. The van der Waals surface area contributed by atoms with Crippen molar-refractivity contribution in [2.75, 3.05) is 5.32 Å². The molecule has 0 spiro atoms. The van der Waals surface area contributed by atoms with Crippen LogP contribution in [0.15, 0.2) is 33.3 Å². The number of hydrogen-bond donors (Lipinski definition) is 1. The van der Waals surface area contributed by atoms with Crippen LogP contribution in [0.25, 0.3) is 0 Å². The van der Waals surface area contributed by atoms with E-state index in [4.69, 9.17) is 4.52 Å². The molecule has 0 bridgehead atoms. The van der Waals surface area contributed by atoms with Crippen LogP contribution >= 0.6 is 15.9 Å². The number of hydrogen-bond acceptors (Lipinski definition) is 4. The van der Waals surface area contributed by atoms with E-state index in [0.29, 0.717) is 12.4 Å². The number of anilines is 1. The largest absolute Gasteiger partial charge is 0.376 e. The molecular weight excluding hydrogens is 270 g/mol. The summed E-state index contributed by atoms with van der Waals surface area (Å²) in [6.07, 6.45) is 0.793. The molecule has 1 aromatic heterocycles. The molecule has 4 nitrogen and oxygen atoms in total. The number of benzene rings is 1. The van der Waals surface area contributed by atoms with Gasteiger partial charge in [0.05, 0.1) is 6.54 Å². The first-order valence-corrected chi connectivity index (χ1v) is 5.88. The highest BCUT2D eigenvalue weighted by Gasteiger charge is 2.03. The minimum atomic E-state index is 0.550. The van der Waals surface area contributed by atoms with Crippen molar-refractivity contribution in [3.05, 3.63) is 40.5 Å². The van der Waals surface area contributed by atoms with Crippen LogP contribution in [0, 0.1) is 0 Å². The Kier molecular flexibility index (Phi) is 3.56. The highest BCUT2D eigenvalue weighted by Crippen LogP contribution is 2.14. The summed E-state index contributed by atoms with van der Waals surface area (Å²) in [5.74, 6) is 1.35. The predicted octanol–water partition coefficient (Wildman–Crippen LogP) is 3.01. The van der Waals surface area contributed by atoms with Crippen LogP contribution in [0.1, 0.15) is 18.6 Å². The Morgan fingerprint density at radius 3 is 2.69 bits per heavy atom. The Morgan fingerprint density at radius 1 is 1.31 bits per heavy atom. The lowest BCUT2D eigenvalue weighted by Gasteiger charge is -2.02. The predicted molar refractivity (Wildman–Crippen MR) is 65.1 cm³/mol. The van der Waals surface area contributed by atoms with Gasteiger partial charge in [-0.3, -0.25) is 0 Å². The molecule has 5 heteroatoms. The maximum absolute atomic E-state index is 5.07. The van der Waals surface area contributed by atoms with E-state index in [1.54, 1.807) is 0 Å². The minimum absolute atomic E-state index is 0.550. The first kappa shape index (κ1) is 11.1. The van der Waals surface area contributed by atoms with E-state index in [-0.39, 0.29) is 0 Å². The number of nitrogens with zero attached hydrogens (tertiary/aromatic N) is 2. The summed E-state index contributed by atoms with van der Waals surface area (Å²) in [7, 11) is 0. The fourth-order valence-electron chi connectivity index (χ4n) is 1.25. The molecule has 0 aliphatic rings. The summed E-state index contributed by atoms with van der Waals surface area (Å²) in [5.41, 5.74) is 1.03. The van der Waals surface area contributed by atoms with Gasteiger partial charge in [-0.15, -0.1) is 0 Å². The van der Waals surface area contributed by atoms with Gasteiger partial charge < -0.3 is 9.84 Å². The van der Waals surface area contributed by atoms with Crippen molar-refractivity contribution < 1.29 is 4.52 Å². The molecule has 0 saturated heterocycles. The fourth-order valence-corrected chi connectivity index (χ4v) is 1.52. The zero-order valence-electron chi connectivity index (χ0n) is 8.90. The summed E-state index contributed by atoms with van der Waals surface area (Å²) in [6.45, 7) is 2.55. The van der Waals surface area contributed by atoms with Gasteiger partial charge in [0.15, 0.2) is 5.82 Å². The molecule has 0 aliphatic carbocycles. The van der Waals surface area contributed by atoms with Crippen LogP contribution in [0.4, 0.5) is 5.69 Å². The van der Waals surface area contributed by atoms with E-state index in [9.17, 15) is 0 Å². The molecular formula is C11H12BrN3O. The fraction of sp³-hybridized carbons (Fsp3) is 0.273. The van der Waals surface area contributed by atoms with E-state index >= 15 is 0 Å². The van der Waals surface area contributed by atoms with Crippen molar-refractivity contribution in [2.24, 2.45) is 0 Å². The van der Waals surface area contributed by atoms with Crippen LogP contribution in [0.3, 0.4) is 0 Å². The van der Waals surface area contributed by atoms with Crippen molar-refractivity contribution >= 4 is 21.6 Å². The topological polar surface area (TPSA) is 51.0 Å². The molecule has 0 aliphatic heterocycles. The Labute approximate surface area is 102 Å². The Morgan fingerprint density at radius 2 is 2.06 bits per heavy atom. The second kappa shape index (κ2) is 5.12. The third-order valence-corrected chi connectivity index (χ3v) is 2.64. The number of rotatable bonds is 4. The zero-order valence-corrected chi connectivity index (χ0v) is 10.5. The van der Waals surface area contributed by atoms with Crippen molar-refractivity contribution in [2.45, 2.75) is 19.9 Å². The van der Waals surface area contributed by atoms with Crippen molar-refractivity contribution in [3.8, 4) is 0 Å². The average Bonchev–Trinajstić information content (AvgIpc) is 2.76. The van der Waals surface area contributed by atoms with Crippen molar-refractivity contribution in [3.63, 3.8) is 0 Å². The maximum Gasteiger partial charge on any atom is 0.245 e. The highest BCUT2D eigenvalue weighted by atomic mass is 79.9. The molecule has 2 aromatic rings. The second-order valence-electron chi connectivity index (χ2n) is 3.32. The van der Waals surface area contributed by atoms with Gasteiger partial charge in [0.25, 0.3) is 0 Å². The van der Waals surface area contributed by atoms with Gasteiger partial charge in [0.1, 0.15) is 0 Å². The van der Waals surface area contributed by atoms with Crippen LogP contribution < -0.4 is 5.32 Å². The number of halogens is 1. The summed E-state index contributed by atoms with van der Waals surface area (Å²) in [4.78, 5) is 4.21. The monoisotopic (exact) mass is 281 g/mol. The van der Waals surface area contributed by atoms with Crippen LogP contribution in [-0.2, 0) is 13.0 Å². The SMILES string of the molecule is CCc1noc(CNc2ccc(Br)cc2)n1. The normalized spacial score (nSPS) is 10.4. The van der Waals surface area contributed by atoms with Gasteiger partial charge in [-0.2, -0.15) is 4.98 Å². The summed E-state index contributed by atoms with van der Waals surface area (Å²) >= 11 is 3.39. The van der Waals surface area contributed by atoms with Gasteiger partial charge >= 0.3 is 0 Å². The first-order chi connectivity index (χ1) is 7.78. The van der Waals surface area contributed by atoms with Gasteiger partial charge in [0.2, 0.25) is 5.89 Å². The van der Waals surface area contributed by atoms with Gasteiger partial charge in [0, 0.05) is 16.6 Å². The van der Waals surface area contributed by atoms with Crippen LogP contribution in [-0.4, -0.2) is 10.1 Å².